The first kappa shape index (κ1) is 28.6. The van der Waals surface area contributed by atoms with Crippen LogP contribution in [0.25, 0.3) is 0 Å². The van der Waals surface area contributed by atoms with E-state index in [1.807, 2.05) is 79.7 Å². The van der Waals surface area contributed by atoms with E-state index < -0.39 is 46.5 Å². The highest BCUT2D eigenvalue weighted by atomic mass is 16.5. The van der Waals surface area contributed by atoms with Gasteiger partial charge in [-0.1, -0.05) is 66.2 Å². The van der Waals surface area contributed by atoms with E-state index in [0.29, 0.717) is 17.0 Å². The number of amides is 2. The molecule has 230 valence electrons. The van der Waals surface area contributed by atoms with Crippen molar-refractivity contribution in [2.45, 2.75) is 37.3 Å². The number of anilines is 1. The lowest BCUT2D eigenvalue weighted by Gasteiger charge is -2.49. The molecule has 2 aliphatic heterocycles. The zero-order valence-electron chi connectivity index (χ0n) is 24.9. The zero-order chi connectivity index (χ0) is 31.5. The van der Waals surface area contributed by atoms with Crippen molar-refractivity contribution in [3.8, 4) is 5.75 Å². The number of fused-ring (bicyclic) bond motifs is 4. The number of carbonyl (C=O) groups is 2. The van der Waals surface area contributed by atoms with Crippen LogP contribution in [0, 0.1) is 12.8 Å². The van der Waals surface area contributed by atoms with Crippen LogP contribution in [0.2, 0.25) is 0 Å². The number of aromatic nitrogens is 3. The number of ether oxygens (including phenoxy) is 1. The molecule has 2 fully saturated rings. The number of benzene rings is 3. The molecule has 7 rings (SSSR count). The fourth-order valence-corrected chi connectivity index (χ4v) is 7.41. The summed E-state index contributed by atoms with van der Waals surface area (Å²) in [6.07, 6.45) is 2.08. The highest BCUT2D eigenvalue weighted by Crippen LogP contribution is 2.61. The molecule has 0 unspecified atom stereocenters. The quantitative estimate of drug-likeness (QED) is 0.244. The van der Waals surface area contributed by atoms with Crippen molar-refractivity contribution in [2.75, 3.05) is 18.6 Å². The Balaban J connectivity index is 1.46. The van der Waals surface area contributed by atoms with Gasteiger partial charge in [0.1, 0.15) is 12.4 Å². The Labute approximate surface area is 258 Å². The van der Waals surface area contributed by atoms with Crippen LogP contribution in [-0.2, 0) is 28.6 Å². The van der Waals surface area contributed by atoms with Gasteiger partial charge in [-0.3, -0.25) is 15.0 Å². The normalized spacial score (nSPS) is 23.7. The SMILES string of the molecule is Cc1ccc(NN2C(=O)[C@@H]3C[C@@H]4C(=CCn5c(=O)n(C)c(=O)n54)[C@H](c4ccc(OCCO)cc4)[C@]3(c3ccccc3)C2=O)cc1. The van der Waals surface area contributed by atoms with Gasteiger partial charge in [-0.2, -0.15) is 5.01 Å². The topological polar surface area (TPSA) is 128 Å². The molecule has 1 aliphatic carbocycles. The second-order valence-electron chi connectivity index (χ2n) is 11.8. The molecule has 1 saturated carbocycles. The average molecular weight is 608 g/mol. The van der Waals surface area contributed by atoms with E-state index in [1.165, 1.54) is 16.4 Å². The van der Waals surface area contributed by atoms with Crippen LogP contribution in [0.3, 0.4) is 0 Å². The highest BCUT2D eigenvalue weighted by Gasteiger charge is 2.68. The monoisotopic (exact) mass is 607 g/mol. The van der Waals surface area contributed by atoms with E-state index in [1.54, 1.807) is 12.1 Å². The summed E-state index contributed by atoms with van der Waals surface area (Å²) < 4.78 is 9.54. The van der Waals surface area contributed by atoms with Gasteiger partial charge in [-0.25, -0.2) is 23.5 Å². The number of carbonyl (C=O) groups excluding carboxylic acids is 2. The van der Waals surface area contributed by atoms with Crippen LogP contribution in [0.1, 0.15) is 35.1 Å². The molecule has 11 heteroatoms. The van der Waals surface area contributed by atoms with Crippen molar-refractivity contribution >= 4 is 17.5 Å². The number of hydrazine groups is 1. The number of hydrogen-bond donors (Lipinski definition) is 2. The molecule has 1 saturated heterocycles. The predicted molar refractivity (Wildman–Crippen MR) is 166 cm³/mol. The van der Waals surface area contributed by atoms with Crippen molar-refractivity contribution in [2.24, 2.45) is 13.0 Å². The van der Waals surface area contributed by atoms with E-state index in [9.17, 15) is 19.5 Å². The maximum Gasteiger partial charge on any atom is 0.347 e. The molecule has 4 atom stereocenters. The first-order valence-electron chi connectivity index (χ1n) is 15.0. The van der Waals surface area contributed by atoms with E-state index >= 15 is 4.79 Å². The third-order valence-corrected chi connectivity index (χ3v) is 9.42. The minimum Gasteiger partial charge on any atom is -0.491 e. The van der Waals surface area contributed by atoms with Gasteiger partial charge in [0.2, 0.25) is 0 Å². The number of allylic oxidation sites excluding steroid dienone is 2. The van der Waals surface area contributed by atoms with Crippen molar-refractivity contribution in [1.82, 2.24) is 18.9 Å². The van der Waals surface area contributed by atoms with Gasteiger partial charge in [0, 0.05) is 13.0 Å². The number of nitrogens with zero attached hydrogens (tertiary/aromatic N) is 4. The number of aliphatic hydroxyl groups excluding tert-OH is 1. The van der Waals surface area contributed by atoms with Gasteiger partial charge in [0.25, 0.3) is 11.8 Å². The molecule has 0 bridgehead atoms. The summed E-state index contributed by atoms with van der Waals surface area (Å²) in [5, 5.41) is 10.4. The van der Waals surface area contributed by atoms with Crippen LogP contribution in [-0.4, -0.2) is 49.1 Å². The fraction of sp³-hybridized carbons (Fsp3) is 0.294. The molecule has 3 heterocycles. The van der Waals surface area contributed by atoms with Gasteiger partial charge in [0.15, 0.2) is 0 Å². The summed E-state index contributed by atoms with van der Waals surface area (Å²) in [6, 6.07) is 23.5. The van der Waals surface area contributed by atoms with Gasteiger partial charge in [-0.05, 0) is 54.3 Å². The second kappa shape index (κ2) is 10.8. The van der Waals surface area contributed by atoms with Crippen molar-refractivity contribution < 1.29 is 19.4 Å². The number of hydrogen-bond acceptors (Lipinski definition) is 7. The molecule has 2 N–H and O–H groups in total. The van der Waals surface area contributed by atoms with Crippen molar-refractivity contribution in [1.29, 1.82) is 0 Å². The summed E-state index contributed by atoms with van der Waals surface area (Å²) >= 11 is 0. The Morgan fingerprint density at radius 2 is 1.64 bits per heavy atom. The summed E-state index contributed by atoms with van der Waals surface area (Å²) in [4.78, 5) is 56.0. The van der Waals surface area contributed by atoms with Crippen LogP contribution in [0.5, 0.6) is 5.75 Å². The summed E-state index contributed by atoms with van der Waals surface area (Å²) in [7, 11) is 1.44. The summed E-state index contributed by atoms with van der Waals surface area (Å²) in [6.45, 7) is 2.11. The molecule has 1 aromatic heterocycles. The van der Waals surface area contributed by atoms with Crippen LogP contribution in [0.4, 0.5) is 5.69 Å². The van der Waals surface area contributed by atoms with Gasteiger partial charge >= 0.3 is 11.4 Å². The molecule has 11 nitrogen and oxygen atoms in total. The van der Waals surface area contributed by atoms with E-state index in [4.69, 9.17) is 4.74 Å². The van der Waals surface area contributed by atoms with Crippen LogP contribution in [0.15, 0.2) is 100 Å². The number of nitrogens with one attached hydrogen (secondary N) is 1. The van der Waals surface area contributed by atoms with Crippen molar-refractivity contribution in [3.63, 3.8) is 0 Å². The number of rotatable bonds is 7. The Morgan fingerprint density at radius 3 is 2.33 bits per heavy atom. The van der Waals surface area contributed by atoms with Crippen LogP contribution < -0.4 is 21.5 Å². The third kappa shape index (κ3) is 4.21. The maximum absolute atomic E-state index is 15.0. The Kier molecular flexibility index (Phi) is 6.85. The molecule has 3 aromatic carbocycles. The molecule has 3 aliphatic rings. The van der Waals surface area contributed by atoms with E-state index in [2.05, 4.69) is 5.43 Å². The Hall–Kier alpha value is -5.16. The summed E-state index contributed by atoms with van der Waals surface area (Å²) in [5.74, 6) is -1.77. The van der Waals surface area contributed by atoms with E-state index in [0.717, 1.165) is 26.3 Å². The zero-order valence-corrected chi connectivity index (χ0v) is 24.9. The molecular weight excluding hydrogens is 574 g/mol. The van der Waals surface area contributed by atoms with Gasteiger partial charge in [0.05, 0.1) is 36.2 Å². The molecule has 4 aromatic rings. The minimum absolute atomic E-state index is 0.132. The summed E-state index contributed by atoms with van der Waals surface area (Å²) in [5.41, 5.74) is 4.70. The lowest BCUT2D eigenvalue weighted by atomic mass is 9.53. The maximum atomic E-state index is 15.0. The van der Waals surface area contributed by atoms with Crippen molar-refractivity contribution in [3.05, 3.63) is 128 Å². The third-order valence-electron chi connectivity index (χ3n) is 9.42. The number of aliphatic hydroxyl groups is 1. The molecule has 45 heavy (non-hydrogen) atoms. The van der Waals surface area contributed by atoms with Gasteiger partial charge < -0.3 is 9.84 Å². The first-order valence-corrected chi connectivity index (χ1v) is 15.0. The smallest absolute Gasteiger partial charge is 0.347 e. The largest absolute Gasteiger partial charge is 0.491 e. The minimum atomic E-state index is -1.35. The number of imide groups is 1. The Bertz CT molecular complexity index is 1940. The standard InChI is InChI=1S/C34H33N5O6/c1-21-8-12-24(13-9-21)35-38-30(41)27-20-28-26(16-17-37-32(43)36(2)33(44)39(28)37)29(22-10-14-25(15-11-22)45-19-18-40)34(27,31(38)42)23-6-4-3-5-7-23/h3-16,27-29,35,40H,17-20H2,1-2H3/t27-,28+,29-,34+/m0/s1. The Morgan fingerprint density at radius 1 is 0.933 bits per heavy atom. The van der Waals surface area contributed by atoms with Gasteiger partial charge in [-0.15, -0.1) is 0 Å². The molecule has 0 radical (unpaired) electrons. The second-order valence-corrected chi connectivity index (χ2v) is 11.8. The van der Waals surface area contributed by atoms with Crippen LogP contribution >= 0.6 is 0 Å². The molecule has 0 spiro atoms. The lowest BCUT2D eigenvalue weighted by molar-refractivity contribution is -0.138. The highest BCUT2D eigenvalue weighted by molar-refractivity contribution is 6.12. The predicted octanol–water partition coefficient (Wildman–Crippen LogP) is 2.65. The lowest BCUT2D eigenvalue weighted by Crippen LogP contribution is -2.53. The molecular formula is C34H33N5O6. The average Bonchev–Trinajstić information content (AvgIpc) is 3.42. The molecule has 2 amide bonds. The fourth-order valence-electron chi connectivity index (χ4n) is 7.41. The first-order chi connectivity index (χ1) is 21.8. The van der Waals surface area contributed by atoms with E-state index in [-0.39, 0.29) is 26.2 Å². The number of aryl methyl sites for hydroxylation is 1.